The Hall–Kier alpha value is -1.16. The van der Waals surface area contributed by atoms with Crippen molar-refractivity contribution >= 4 is 0 Å². The molecule has 1 aromatic rings. The second-order valence-electron chi connectivity index (χ2n) is 2.12. The van der Waals surface area contributed by atoms with Crippen molar-refractivity contribution in [2.45, 2.75) is 6.42 Å². The van der Waals surface area contributed by atoms with E-state index in [-0.39, 0.29) is 0 Å². The molecule has 1 aromatic heterocycles. The van der Waals surface area contributed by atoms with Crippen molar-refractivity contribution in [2.75, 3.05) is 13.7 Å². The average Bonchev–Trinajstić information content (AvgIpc) is 2.07. The molecule has 0 atom stereocenters. The molecule has 0 aliphatic rings. The molecule has 0 amide bonds. The Bertz CT molecular complexity index is 209. The van der Waals surface area contributed by atoms with Crippen molar-refractivity contribution in [2.24, 2.45) is 5.73 Å². The zero-order valence-corrected chi connectivity index (χ0v) is 6.45. The SMILES string of the molecule is COc1ncc(CCN)cn1. The molecule has 0 radical (unpaired) electrons. The summed E-state index contributed by atoms with van der Waals surface area (Å²) in [5, 5.41) is 0. The van der Waals surface area contributed by atoms with Gasteiger partial charge in [0.05, 0.1) is 7.11 Å². The quantitative estimate of drug-likeness (QED) is 0.663. The van der Waals surface area contributed by atoms with Crippen LogP contribution >= 0.6 is 0 Å². The molecule has 0 saturated carbocycles. The van der Waals surface area contributed by atoms with E-state index >= 15 is 0 Å². The minimum absolute atomic E-state index is 0.394. The van der Waals surface area contributed by atoms with Gasteiger partial charge in [-0.1, -0.05) is 0 Å². The van der Waals surface area contributed by atoms with Gasteiger partial charge < -0.3 is 10.5 Å². The van der Waals surface area contributed by atoms with Crippen LogP contribution in [0.2, 0.25) is 0 Å². The second kappa shape index (κ2) is 3.88. The molecule has 2 N–H and O–H groups in total. The van der Waals surface area contributed by atoms with Crippen LogP contribution in [0.5, 0.6) is 6.01 Å². The summed E-state index contributed by atoms with van der Waals surface area (Å²) in [4.78, 5) is 7.85. The Morgan fingerprint density at radius 2 is 2.09 bits per heavy atom. The summed E-state index contributed by atoms with van der Waals surface area (Å²) in [6, 6.07) is 0.394. The van der Waals surface area contributed by atoms with Crippen molar-refractivity contribution in [3.63, 3.8) is 0 Å². The van der Waals surface area contributed by atoms with Gasteiger partial charge in [-0.2, -0.15) is 0 Å². The van der Waals surface area contributed by atoms with Gasteiger partial charge in [-0.25, -0.2) is 9.97 Å². The van der Waals surface area contributed by atoms with Crippen LogP contribution in [0.25, 0.3) is 0 Å². The number of nitrogens with two attached hydrogens (primary N) is 1. The fraction of sp³-hybridized carbons (Fsp3) is 0.429. The number of rotatable bonds is 3. The first-order chi connectivity index (χ1) is 5.36. The Balaban J connectivity index is 2.66. The van der Waals surface area contributed by atoms with Crippen LogP contribution in [-0.4, -0.2) is 23.6 Å². The zero-order valence-electron chi connectivity index (χ0n) is 6.45. The predicted molar refractivity (Wildman–Crippen MR) is 41.3 cm³/mol. The first-order valence-electron chi connectivity index (χ1n) is 3.42. The first kappa shape index (κ1) is 7.94. The third kappa shape index (κ3) is 2.16. The van der Waals surface area contributed by atoms with Crippen molar-refractivity contribution in [1.82, 2.24) is 9.97 Å². The van der Waals surface area contributed by atoms with Crippen LogP contribution in [0.3, 0.4) is 0 Å². The van der Waals surface area contributed by atoms with E-state index in [0.29, 0.717) is 12.6 Å². The molecule has 11 heavy (non-hydrogen) atoms. The van der Waals surface area contributed by atoms with E-state index in [1.807, 2.05) is 0 Å². The highest BCUT2D eigenvalue weighted by atomic mass is 16.5. The molecule has 0 spiro atoms. The van der Waals surface area contributed by atoms with E-state index in [9.17, 15) is 0 Å². The lowest BCUT2D eigenvalue weighted by Gasteiger charge is -1.98. The monoisotopic (exact) mass is 153 g/mol. The molecule has 0 unspecified atom stereocenters. The molecule has 0 aliphatic carbocycles. The maximum atomic E-state index is 5.34. The van der Waals surface area contributed by atoms with Crippen molar-refractivity contribution in [3.8, 4) is 6.01 Å². The highest BCUT2D eigenvalue weighted by Gasteiger charge is 1.94. The van der Waals surface area contributed by atoms with E-state index in [1.165, 1.54) is 7.11 Å². The topological polar surface area (TPSA) is 61.0 Å². The molecule has 0 bridgehead atoms. The molecule has 1 heterocycles. The summed E-state index contributed by atoms with van der Waals surface area (Å²) in [5.74, 6) is 0. The average molecular weight is 153 g/mol. The Morgan fingerprint density at radius 1 is 1.45 bits per heavy atom. The maximum Gasteiger partial charge on any atom is 0.316 e. The van der Waals surface area contributed by atoms with Gasteiger partial charge in [0.25, 0.3) is 0 Å². The van der Waals surface area contributed by atoms with Crippen LogP contribution in [0.1, 0.15) is 5.56 Å². The minimum Gasteiger partial charge on any atom is -0.467 e. The minimum atomic E-state index is 0.394. The highest BCUT2D eigenvalue weighted by molar-refractivity contribution is 5.07. The Labute approximate surface area is 65.4 Å². The molecule has 1 rings (SSSR count). The van der Waals surface area contributed by atoms with Crippen LogP contribution in [0.4, 0.5) is 0 Å². The number of methoxy groups -OCH3 is 1. The normalized spacial score (nSPS) is 9.64. The molecular weight excluding hydrogens is 142 g/mol. The summed E-state index contributed by atoms with van der Waals surface area (Å²) < 4.78 is 4.79. The van der Waals surface area contributed by atoms with Gasteiger partial charge >= 0.3 is 6.01 Å². The van der Waals surface area contributed by atoms with Gasteiger partial charge in [0, 0.05) is 12.4 Å². The van der Waals surface area contributed by atoms with Gasteiger partial charge in [0.2, 0.25) is 0 Å². The lowest BCUT2D eigenvalue weighted by atomic mass is 10.2. The lowest BCUT2D eigenvalue weighted by molar-refractivity contribution is 0.379. The van der Waals surface area contributed by atoms with Crippen LogP contribution in [0.15, 0.2) is 12.4 Å². The Morgan fingerprint density at radius 3 is 2.55 bits per heavy atom. The standard InChI is InChI=1S/C7H11N3O/c1-11-7-9-4-6(2-3-8)5-10-7/h4-5H,2-3,8H2,1H3. The molecule has 4 heteroatoms. The molecule has 0 fully saturated rings. The molecule has 0 aliphatic heterocycles. The van der Waals surface area contributed by atoms with E-state index in [4.69, 9.17) is 10.5 Å². The lowest BCUT2D eigenvalue weighted by Crippen LogP contribution is -2.03. The second-order valence-corrected chi connectivity index (χ2v) is 2.12. The largest absolute Gasteiger partial charge is 0.467 e. The van der Waals surface area contributed by atoms with Gasteiger partial charge in [0.15, 0.2) is 0 Å². The zero-order chi connectivity index (χ0) is 8.10. The maximum absolute atomic E-state index is 5.34. The first-order valence-corrected chi connectivity index (χ1v) is 3.42. The molecule has 4 nitrogen and oxygen atoms in total. The number of aromatic nitrogens is 2. The van der Waals surface area contributed by atoms with E-state index in [2.05, 4.69) is 9.97 Å². The summed E-state index contributed by atoms with van der Waals surface area (Å²) in [5.41, 5.74) is 6.38. The predicted octanol–water partition coefficient (Wildman–Crippen LogP) is -0.0136. The molecule has 0 saturated heterocycles. The Kier molecular flexibility index (Phi) is 2.80. The van der Waals surface area contributed by atoms with E-state index < -0.39 is 0 Å². The number of hydrogen-bond acceptors (Lipinski definition) is 4. The van der Waals surface area contributed by atoms with Crippen LogP contribution in [-0.2, 0) is 6.42 Å². The number of nitrogens with zero attached hydrogens (tertiary/aromatic N) is 2. The van der Waals surface area contributed by atoms with Crippen LogP contribution in [0, 0.1) is 0 Å². The summed E-state index contributed by atoms with van der Waals surface area (Å²) >= 11 is 0. The number of hydrogen-bond donors (Lipinski definition) is 1. The highest BCUT2D eigenvalue weighted by Crippen LogP contribution is 2.00. The molecular formula is C7H11N3O. The van der Waals surface area contributed by atoms with Crippen molar-refractivity contribution in [3.05, 3.63) is 18.0 Å². The van der Waals surface area contributed by atoms with Crippen LogP contribution < -0.4 is 10.5 Å². The summed E-state index contributed by atoms with van der Waals surface area (Å²) in [7, 11) is 1.54. The fourth-order valence-electron chi connectivity index (χ4n) is 0.744. The van der Waals surface area contributed by atoms with Crippen molar-refractivity contribution < 1.29 is 4.74 Å². The van der Waals surface area contributed by atoms with Gasteiger partial charge in [0.1, 0.15) is 0 Å². The summed E-state index contributed by atoms with van der Waals surface area (Å²) in [6.07, 6.45) is 4.25. The molecule has 60 valence electrons. The van der Waals surface area contributed by atoms with Gasteiger partial charge in [-0.3, -0.25) is 0 Å². The smallest absolute Gasteiger partial charge is 0.316 e. The fourth-order valence-corrected chi connectivity index (χ4v) is 0.744. The molecule has 0 aromatic carbocycles. The van der Waals surface area contributed by atoms with Gasteiger partial charge in [-0.15, -0.1) is 0 Å². The number of ether oxygens (including phenoxy) is 1. The van der Waals surface area contributed by atoms with E-state index in [0.717, 1.165) is 12.0 Å². The van der Waals surface area contributed by atoms with Crippen molar-refractivity contribution in [1.29, 1.82) is 0 Å². The third-order valence-electron chi connectivity index (χ3n) is 1.30. The summed E-state index contributed by atoms with van der Waals surface area (Å²) in [6.45, 7) is 0.621. The third-order valence-corrected chi connectivity index (χ3v) is 1.30. The van der Waals surface area contributed by atoms with Gasteiger partial charge in [-0.05, 0) is 18.5 Å². The van der Waals surface area contributed by atoms with E-state index in [1.54, 1.807) is 12.4 Å².